The molecular weight excluding hydrogens is 330 g/mol. The van der Waals surface area contributed by atoms with Crippen LogP contribution >= 0.6 is 0 Å². The number of unbranched alkanes of at least 4 members (excludes halogenated alkanes) is 13. The quantitative estimate of drug-likeness (QED) is 0.222. The molecule has 23 heavy (non-hydrogen) atoms. The largest absolute Gasteiger partial charge is 0.0654 e. The van der Waals surface area contributed by atoms with Crippen LogP contribution in [0.4, 0.5) is 0 Å². The van der Waals surface area contributed by atoms with Crippen molar-refractivity contribution >= 4 is 0 Å². The fraction of sp³-hybridized carbons (Fsp3) is 0.727. The Kier molecular flexibility index (Phi) is 18.1. The molecule has 0 N–H and O–H groups in total. The Morgan fingerprint density at radius 1 is 0.609 bits per heavy atom. The average molecular weight is 367 g/mol. The van der Waals surface area contributed by atoms with E-state index < -0.39 is 0 Å². The molecule has 1 heteroatoms. The van der Waals surface area contributed by atoms with E-state index in [-0.39, 0.29) is 19.5 Å². The van der Waals surface area contributed by atoms with E-state index >= 15 is 0 Å². The molecule has 0 atom stereocenters. The van der Waals surface area contributed by atoms with Gasteiger partial charge in [-0.3, -0.25) is 0 Å². The van der Waals surface area contributed by atoms with Crippen molar-refractivity contribution in [3.8, 4) is 0 Å². The molecule has 1 rings (SSSR count). The van der Waals surface area contributed by atoms with Gasteiger partial charge >= 0.3 is 0 Å². The monoisotopic (exact) mass is 365 g/mol. The zero-order valence-electron chi connectivity index (χ0n) is 15.6. The van der Waals surface area contributed by atoms with Gasteiger partial charge in [0.1, 0.15) is 0 Å². The van der Waals surface area contributed by atoms with Crippen LogP contribution in [0.15, 0.2) is 24.3 Å². The molecule has 0 heterocycles. The second kappa shape index (κ2) is 18.2. The van der Waals surface area contributed by atoms with Gasteiger partial charge in [-0.15, -0.1) is 0 Å². The molecule has 0 aromatic heterocycles. The van der Waals surface area contributed by atoms with E-state index in [0.29, 0.717) is 0 Å². The zero-order chi connectivity index (χ0) is 15.7. The topological polar surface area (TPSA) is 0 Å². The number of benzene rings is 1. The first-order valence-corrected chi connectivity index (χ1v) is 9.88. The molecule has 0 fully saturated rings. The van der Waals surface area contributed by atoms with Gasteiger partial charge in [0.15, 0.2) is 0 Å². The summed E-state index contributed by atoms with van der Waals surface area (Å²) in [6, 6.07) is 11.5. The first-order valence-electron chi connectivity index (χ1n) is 9.88. The van der Waals surface area contributed by atoms with Gasteiger partial charge in [-0.05, 0) is 24.5 Å². The van der Waals surface area contributed by atoms with E-state index in [1.165, 1.54) is 102 Å². The number of hydrogen-bond acceptors (Lipinski definition) is 0. The summed E-state index contributed by atoms with van der Waals surface area (Å²) in [5, 5.41) is 0. The Morgan fingerprint density at radius 2 is 1.00 bits per heavy atom. The molecule has 0 saturated carbocycles. The minimum absolute atomic E-state index is 0. The summed E-state index contributed by atoms with van der Waals surface area (Å²) in [4.78, 5) is 0. The minimum Gasteiger partial charge on any atom is -0.0654 e. The van der Waals surface area contributed by atoms with Gasteiger partial charge in [0.25, 0.3) is 0 Å². The Labute approximate surface area is 158 Å². The van der Waals surface area contributed by atoms with Crippen LogP contribution in [-0.4, -0.2) is 0 Å². The third-order valence-corrected chi connectivity index (χ3v) is 4.61. The van der Waals surface area contributed by atoms with Crippen molar-refractivity contribution in [2.75, 3.05) is 0 Å². The van der Waals surface area contributed by atoms with Crippen LogP contribution in [0.2, 0.25) is 0 Å². The van der Waals surface area contributed by atoms with Crippen LogP contribution in [0.5, 0.6) is 0 Å². The van der Waals surface area contributed by atoms with Crippen LogP contribution in [0, 0.1) is 6.07 Å². The van der Waals surface area contributed by atoms with Gasteiger partial charge in [-0.25, -0.2) is 0 Å². The Bertz CT molecular complexity index is 320. The standard InChI is InChI=1S/C22H37.Zn/c1-2-3-4-5-6-7-8-9-10-11-12-13-14-16-19-22-20-17-15-18-21-22;/h17-18,20-21H,2-14,16,19H2,1H3;. The molecule has 0 aliphatic heterocycles. The van der Waals surface area contributed by atoms with Gasteiger partial charge in [0.2, 0.25) is 0 Å². The van der Waals surface area contributed by atoms with Crippen LogP contribution in [-0.2, 0) is 25.9 Å². The number of aryl methyl sites for hydroxylation is 1. The summed E-state index contributed by atoms with van der Waals surface area (Å²) >= 11 is 0. The molecule has 1 radical (unpaired) electrons. The summed E-state index contributed by atoms with van der Waals surface area (Å²) < 4.78 is 0. The van der Waals surface area contributed by atoms with Crippen molar-refractivity contribution in [2.45, 2.75) is 103 Å². The van der Waals surface area contributed by atoms with Gasteiger partial charge < -0.3 is 0 Å². The van der Waals surface area contributed by atoms with E-state index in [1.54, 1.807) is 0 Å². The van der Waals surface area contributed by atoms with Crippen LogP contribution in [0.1, 0.15) is 102 Å². The molecule has 0 aliphatic rings. The molecule has 0 spiro atoms. The molecule has 0 bridgehead atoms. The third kappa shape index (κ3) is 15.1. The van der Waals surface area contributed by atoms with Crippen molar-refractivity contribution in [3.05, 3.63) is 35.9 Å². The fourth-order valence-corrected chi connectivity index (χ4v) is 3.11. The predicted octanol–water partition coefficient (Wildman–Crippen LogP) is 7.51. The van der Waals surface area contributed by atoms with E-state index in [2.05, 4.69) is 25.1 Å². The Morgan fingerprint density at radius 3 is 1.43 bits per heavy atom. The number of rotatable bonds is 15. The molecule has 0 unspecified atom stereocenters. The summed E-state index contributed by atoms with van der Waals surface area (Å²) in [5.74, 6) is 0. The molecule has 1 aromatic rings. The normalized spacial score (nSPS) is 10.5. The maximum atomic E-state index is 3.08. The molecule has 0 saturated heterocycles. The van der Waals surface area contributed by atoms with E-state index in [4.69, 9.17) is 0 Å². The van der Waals surface area contributed by atoms with Gasteiger partial charge in [0.05, 0.1) is 0 Å². The van der Waals surface area contributed by atoms with Crippen LogP contribution in [0.3, 0.4) is 0 Å². The summed E-state index contributed by atoms with van der Waals surface area (Å²) in [7, 11) is 0. The van der Waals surface area contributed by atoms with Crippen LogP contribution < -0.4 is 0 Å². The van der Waals surface area contributed by atoms with Gasteiger partial charge in [-0.2, -0.15) is 0 Å². The molecule has 0 aliphatic carbocycles. The molecule has 1 aromatic carbocycles. The third-order valence-electron chi connectivity index (χ3n) is 4.61. The van der Waals surface area contributed by atoms with Gasteiger partial charge in [0, 0.05) is 19.5 Å². The predicted molar refractivity (Wildman–Crippen MR) is 99.3 cm³/mol. The molecular formula is C22H37Zn. The fourth-order valence-electron chi connectivity index (χ4n) is 3.11. The van der Waals surface area contributed by atoms with Crippen molar-refractivity contribution in [1.29, 1.82) is 0 Å². The second-order valence-corrected chi connectivity index (χ2v) is 6.75. The maximum Gasteiger partial charge on any atom is 0 e. The summed E-state index contributed by atoms with van der Waals surface area (Å²) in [6.07, 6.45) is 21.4. The van der Waals surface area contributed by atoms with E-state index in [0.717, 1.165) is 0 Å². The number of hydrogen-bond donors (Lipinski definition) is 0. The van der Waals surface area contributed by atoms with E-state index in [1.807, 2.05) is 12.1 Å². The van der Waals surface area contributed by atoms with E-state index in [9.17, 15) is 0 Å². The molecule has 127 valence electrons. The Balaban J connectivity index is 0.00000484. The van der Waals surface area contributed by atoms with Crippen molar-refractivity contribution in [1.82, 2.24) is 0 Å². The summed E-state index contributed by atoms with van der Waals surface area (Å²) in [6.45, 7) is 2.29. The second-order valence-electron chi connectivity index (χ2n) is 6.75. The smallest absolute Gasteiger partial charge is 0 e. The SMILES string of the molecule is CCCCCCCCCCCCCCCCc1cc[c]cc1.[Zn]. The van der Waals surface area contributed by atoms with Crippen molar-refractivity contribution < 1.29 is 19.5 Å². The molecule has 0 amide bonds. The first kappa shape index (κ1) is 22.8. The zero-order valence-corrected chi connectivity index (χ0v) is 18.6. The molecule has 0 nitrogen and oxygen atoms in total. The van der Waals surface area contributed by atoms with Crippen LogP contribution in [0.25, 0.3) is 0 Å². The average Bonchev–Trinajstić information content (AvgIpc) is 2.56. The summed E-state index contributed by atoms with van der Waals surface area (Å²) in [5.41, 5.74) is 1.47. The Hall–Kier alpha value is -0.157. The first-order chi connectivity index (χ1) is 10.9. The van der Waals surface area contributed by atoms with Crippen molar-refractivity contribution in [2.24, 2.45) is 0 Å². The van der Waals surface area contributed by atoms with Gasteiger partial charge in [-0.1, -0.05) is 115 Å². The minimum atomic E-state index is 0. The maximum absolute atomic E-state index is 3.08. The van der Waals surface area contributed by atoms with Crippen molar-refractivity contribution in [3.63, 3.8) is 0 Å².